The quantitative estimate of drug-likeness (QED) is 0.650. The summed E-state index contributed by atoms with van der Waals surface area (Å²) >= 11 is 0. The predicted octanol–water partition coefficient (Wildman–Crippen LogP) is 4.22. The van der Waals surface area contributed by atoms with Crippen LogP contribution >= 0.6 is 0 Å². The smallest absolute Gasteiger partial charge is 0.157 e. The van der Waals surface area contributed by atoms with Crippen molar-refractivity contribution in [3.63, 3.8) is 0 Å². The number of nitriles is 1. The van der Waals surface area contributed by atoms with Gasteiger partial charge in [-0.05, 0) is 71.0 Å². The Morgan fingerprint density at radius 1 is 1.16 bits per heavy atom. The molecule has 0 unspecified atom stereocenters. The first-order valence-electron chi connectivity index (χ1n) is 11.2. The summed E-state index contributed by atoms with van der Waals surface area (Å²) in [6.07, 6.45) is 4.19. The van der Waals surface area contributed by atoms with Gasteiger partial charge in [0.1, 0.15) is 5.82 Å². The first-order valence-corrected chi connectivity index (χ1v) is 11.2. The molecule has 0 amide bonds. The third-order valence-electron chi connectivity index (χ3n) is 6.67. The van der Waals surface area contributed by atoms with E-state index in [0.717, 1.165) is 65.2 Å². The highest BCUT2D eigenvalue weighted by Gasteiger charge is 2.22. The minimum Gasteiger partial charge on any atom is -0.362 e. The molecule has 0 bridgehead atoms. The van der Waals surface area contributed by atoms with Gasteiger partial charge in [-0.3, -0.25) is 0 Å². The molecule has 1 aliphatic heterocycles. The molecule has 1 fully saturated rings. The maximum atomic E-state index is 9.38. The molecular weight excluding hydrogens is 398 g/mol. The molecule has 1 N–H and O–H groups in total. The van der Waals surface area contributed by atoms with E-state index < -0.39 is 0 Å². The van der Waals surface area contributed by atoms with Gasteiger partial charge in [-0.1, -0.05) is 12.1 Å². The van der Waals surface area contributed by atoms with Gasteiger partial charge >= 0.3 is 0 Å². The van der Waals surface area contributed by atoms with E-state index in [0.29, 0.717) is 11.6 Å². The van der Waals surface area contributed by atoms with Crippen LogP contribution < -0.4 is 10.2 Å². The van der Waals surface area contributed by atoms with Gasteiger partial charge in [0.05, 0.1) is 23.4 Å². The Labute approximate surface area is 190 Å². The van der Waals surface area contributed by atoms with E-state index in [1.165, 1.54) is 0 Å². The van der Waals surface area contributed by atoms with Crippen LogP contribution in [-0.2, 0) is 0 Å². The van der Waals surface area contributed by atoms with Gasteiger partial charge in [0, 0.05) is 36.1 Å². The SMILES string of the molecule is Cc1c(C#N)cccc1[C@@H](C)Nc1nnc(C)c2cnc(N3CCC(N(C)C)CC3)cc12. The number of hydrogen-bond acceptors (Lipinski definition) is 7. The van der Waals surface area contributed by atoms with E-state index >= 15 is 0 Å². The highest BCUT2D eigenvalue weighted by atomic mass is 15.2. The number of benzene rings is 1. The molecule has 3 aromatic rings. The van der Waals surface area contributed by atoms with Crippen molar-refractivity contribution in [1.82, 2.24) is 20.1 Å². The minimum atomic E-state index is -0.0176. The lowest BCUT2D eigenvalue weighted by Gasteiger charge is -2.36. The Morgan fingerprint density at radius 2 is 1.91 bits per heavy atom. The van der Waals surface area contributed by atoms with Crippen molar-refractivity contribution in [3.05, 3.63) is 52.8 Å². The normalized spacial score (nSPS) is 15.7. The third-order valence-corrected chi connectivity index (χ3v) is 6.67. The second-order valence-electron chi connectivity index (χ2n) is 8.90. The fourth-order valence-electron chi connectivity index (χ4n) is 4.58. The molecule has 2 aromatic heterocycles. The number of anilines is 2. The first-order chi connectivity index (χ1) is 15.4. The fraction of sp³-hybridized carbons (Fsp3) is 0.440. The number of pyridine rings is 1. The second kappa shape index (κ2) is 9.09. The van der Waals surface area contributed by atoms with E-state index in [-0.39, 0.29) is 6.04 Å². The number of piperidine rings is 1. The lowest BCUT2D eigenvalue weighted by Crippen LogP contribution is -2.42. The molecule has 7 nitrogen and oxygen atoms in total. The zero-order valence-corrected chi connectivity index (χ0v) is 19.6. The van der Waals surface area contributed by atoms with Crippen LogP contribution in [0.25, 0.3) is 10.8 Å². The van der Waals surface area contributed by atoms with E-state index in [9.17, 15) is 5.26 Å². The Morgan fingerprint density at radius 3 is 2.59 bits per heavy atom. The molecule has 32 heavy (non-hydrogen) atoms. The average Bonchev–Trinajstić information content (AvgIpc) is 2.81. The molecule has 0 aliphatic carbocycles. The molecule has 166 valence electrons. The summed E-state index contributed by atoms with van der Waals surface area (Å²) in [5, 5.41) is 23.8. The standard InChI is InChI=1S/C25H31N7/c1-16-19(14-26)7-6-8-21(16)17(2)28-25-22-13-24(27-15-23(22)18(3)29-30-25)32-11-9-20(10-12-32)31(4)5/h6-8,13,15,17,20H,9-12H2,1-5H3,(H,28,30)/t17-/m1/s1. The molecule has 1 aliphatic rings. The number of nitrogens with one attached hydrogen (secondary N) is 1. The number of nitrogens with zero attached hydrogens (tertiary/aromatic N) is 6. The summed E-state index contributed by atoms with van der Waals surface area (Å²) in [5.74, 6) is 1.73. The zero-order chi connectivity index (χ0) is 22.8. The molecule has 1 aromatic carbocycles. The van der Waals surface area contributed by atoms with Gasteiger partial charge in [-0.25, -0.2) is 4.98 Å². The van der Waals surface area contributed by atoms with Crippen molar-refractivity contribution in [2.24, 2.45) is 0 Å². The largest absolute Gasteiger partial charge is 0.362 e. The van der Waals surface area contributed by atoms with Crippen LogP contribution in [0.2, 0.25) is 0 Å². The molecule has 3 heterocycles. The van der Waals surface area contributed by atoms with E-state index in [1.807, 2.05) is 32.2 Å². The summed E-state index contributed by atoms with van der Waals surface area (Å²) in [4.78, 5) is 9.44. The first kappa shape index (κ1) is 22.0. The fourth-order valence-corrected chi connectivity index (χ4v) is 4.58. The van der Waals surface area contributed by atoms with Gasteiger partial charge < -0.3 is 15.1 Å². The number of rotatable bonds is 5. The van der Waals surface area contributed by atoms with Crippen molar-refractivity contribution < 1.29 is 0 Å². The topological polar surface area (TPSA) is 81.0 Å². The van der Waals surface area contributed by atoms with Crippen LogP contribution in [0, 0.1) is 25.2 Å². The Hall–Kier alpha value is -3.24. The number of hydrogen-bond donors (Lipinski definition) is 1. The van der Waals surface area contributed by atoms with Crippen molar-refractivity contribution in [1.29, 1.82) is 5.26 Å². The Bertz CT molecular complexity index is 1160. The minimum absolute atomic E-state index is 0.0176. The Balaban J connectivity index is 1.64. The zero-order valence-electron chi connectivity index (χ0n) is 19.6. The summed E-state index contributed by atoms with van der Waals surface area (Å²) in [6, 6.07) is 10.9. The molecule has 1 saturated heterocycles. The maximum Gasteiger partial charge on any atom is 0.157 e. The van der Waals surface area contributed by atoms with Crippen LogP contribution in [0.15, 0.2) is 30.5 Å². The lowest BCUT2D eigenvalue weighted by atomic mass is 9.98. The van der Waals surface area contributed by atoms with E-state index in [4.69, 9.17) is 4.98 Å². The summed E-state index contributed by atoms with van der Waals surface area (Å²) in [5.41, 5.74) is 3.64. The van der Waals surface area contributed by atoms with Crippen molar-refractivity contribution in [2.75, 3.05) is 37.4 Å². The molecule has 0 spiro atoms. The molecule has 4 rings (SSSR count). The summed E-state index contributed by atoms with van der Waals surface area (Å²) in [7, 11) is 4.31. The third kappa shape index (κ3) is 4.23. The molecule has 1 atom stereocenters. The van der Waals surface area contributed by atoms with Gasteiger partial charge in [0.15, 0.2) is 5.82 Å². The highest BCUT2D eigenvalue weighted by molar-refractivity contribution is 5.94. The number of aromatic nitrogens is 3. The van der Waals surface area contributed by atoms with Crippen LogP contribution in [0.3, 0.4) is 0 Å². The average molecular weight is 430 g/mol. The Kier molecular flexibility index (Phi) is 6.24. The second-order valence-corrected chi connectivity index (χ2v) is 8.90. The van der Waals surface area contributed by atoms with Crippen LogP contribution in [0.4, 0.5) is 11.6 Å². The van der Waals surface area contributed by atoms with Crippen molar-refractivity contribution in [2.45, 2.75) is 45.7 Å². The number of fused-ring (bicyclic) bond motifs is 1. The van der Waals surface area contributed by atoms with Gasteiger partial charge in [-0.15, -0.1) is 5.10 Å². The maximum absolute atomic E-state index is 9.38. The summed E-state index contributed by atoms with van der Waals surface area (Å²) in [6.45, 7) is 8.04. The lowest BCUT2D eigenvalue weighted by molar-refractivity contribution is 0.249. The highest BCUT2D eigenvalue weighted by Crippen LogP contribution is 2.31. The monoisotopic (exact) mass is 429 g/mol. The van der Waals surface area contributed by atoms with Gasteiger partial charge in [0.2, 0.25) is 0 Å². The van der Waals surface area contributed by atoms with Gasteiger partial charge in [-0.2, -0.15) is 10.4 Å². The number of aryl methyl sites for hydroxylation is 1. The molecule has 0 saturated carbocycles. The van der Waals surface area contributed by atoms with E-state index in [2.05, 4.69) is 64.5 Å². The van der Waals surface area contributed by atoms with Crippen LogP contribution in [0.5, 0.6) is 0 Å². The van der Waals surface area contributed by atoms with E-state index in [1.54, 1.807) is 0 Å². The van der Waals surface area contributed by atoms with Crippen LogP contribution in [0.1, 0.15) is 48.2 Å². The predicted molar refractivity (Wildman–Crippen MR) is 129 cm³/mol. The van der Waals surface area contributed by atoms with Crippen molar-refractivity contribution >= 4 is 22.4 Å². The van der Waals surface area contributed by atoms with Gasteiger partial charge in [0.25, 0.3) is 0 Å². The molecule has 0 radical (unpaired) electrons. The van der Waals surface area contributed by atoms with Crippen molar-refractivity contribution in [3.8, 4) is 6.07 Å². The summed E-state index contributed by atoms with van der Waals surface area (Å²) < 4.78 is 0. The van der Waals surface area contributed by atoms with Crippen LogP contribution in [-0.4, -0.2) is 53.3 Å². The molecule has 7 heteroatoms. The molecular formula is C25H31N7.